The Morgan fingerprint density at radius 2 is 2.09 bits per heavy atom. The molecule has 0 aliphatic carbocycles. The number of nitrogens with zero attached hydrogens (tertiary/aromatic N) is 2. The summed E-state index contributed by atoms with van der Waals surface area (Å²) in [6.07, 6.45) is 6.51. The molecule has 2 heterocycles. The second-order valence-corrected chi connectivity index (χ2v) is 5.41. The van der Waals surface area contributed by atoms with Gasteiger partial charge in [0, 0.05) is 30.6 Å². The van der Waals surface area contributed by atoms with Gasteiger partial charge in [0.25, 0.3) is 6.47 Å². The summed E-state index contributed by atoms with van der Waals surface area (Å²) < 4.78 is 5.22. The molecule has 0 saturated heterocycles. The van der Waals surface area contributed by atoms with Gasteiger partial charge in [-0.2, -0.15) is 5.10 Å². The molecule has 1 atom stereocenters. The summed E-state index contributed by atoms with van der Waals surface area (Å²) in [5, 5.41) is 7.79. The summed E-state index contributed by atoms with van der Waals surface area (Å²) in [5.41, 5.74) is 4.24. The monoisotopic (exact) mass is 295 g/mol. The molecule has 3 aromatic rings. The van der Waals surface area contributed by atoms with Gasteiger partial charge >= 0.3 is 0 Å². The van der Waals surface area contributed by atoms with Crippen molar-refractivity contribution in [2.75, 3.05) is 0 Å². The highest BCUT2D eigenvalue weighted by Crippen LogP contribution is 2.18. The van der Waals surface area contributed by atoms with Crippen LogP contribution in [0.15, 0.2) is 42.9 Å². The zero-order valence-corrected chi connectivity index (χ0v) is 12.3. The van der Waals surface area contributed by atoms with Gasteiger partial charge in [-0.3, -0.25) is 14.9 Å². The predicted octanol–water partition coefficient (Wildman–Crippen LogP) is 2.59. The van der Waals surface area contributed by atoms with E-state index in [1.165, 1.54) is 0 Å². The van der Waals surface area contributed by atoms with Gasteiger partial charge in [0.1, 0.15) is 6.10 Å². The van der Waals surface area contributed by atoms with Crippen LogP contribution in [0.5, 0.6) is 0 Å². The largest absolute Gasteiger partial charge is 0.464 e. The molecule has 5 heteroatoms. The zero-order chi connectivity index (χ0) is 15.4. The van der Waals surface area contributed by atoms with Crippen LogP contribution >= 0.6 is 0 Å². The van der Waals surface area contributed by atoms with Crippen LogP contribution in [0.1, 0.15) is 16.7 Å². The van der Waals surface area contributed by atoms with Crippen LogP contribution in [0.4, 0.5) is 0 Å². The quantitative estimate of drug-likeness (QED) is 0.710. The Morgan fingerprint density at radius 1 is 1.23 bits per heavy atom. The first-order chi connectivity index (χ1) is 10.7. The highest BCUT2D eigenvalue weighted by atomic mass is 16.5. The highest BCUT2D eigenvalue weighted by Gasteiger charge is 2.13. The Hall–Kier alpha value is -2.69. The number of carbonyl (C=O) groups excluding carboxylic acids is 1. The Morgan fingerprint density at radius 3 is 2.86 bits per heavy atom. The van der Waals surface area contributed by atoms with Crippen molar-refractivity contribution < 1.29 is 9.53 Å². The lowest BCUT2D eigenvalue weighted by molar-refractivity contribution is -0.133. The zero-order valence-electron chi connectivity index (χ0n) is 12.3. The molecular formula is C17H17N3O2. The fourth-order valence-corrected chi connectivity index (χ4v) is 2.58. The van der Waals surface area contributed by atoms with Crippen molar-refractivity contribution in [2.24, 2.45) is 0 Å². The van der Waals surface area contributed by atoms with Gasteiger partial charge in [0.05, 0.1) is 11.7 Å². The first-order valence-electron chi connectivity index (χ1n) is 7.16. The van der Waals surface area contributed by atoms with Crippen LogP contribution in [-0.2, 0) is 22.4 Å². The summed E-state index contributed by atoms with van der Waals surface area (Å²) in [6, 6.07) is 8.24. The Labute approximate surface area is 128 Å². The first-order valence-corrected chi connectivity index (χ1v) is 7.16. The third-order valence-electron chi connectivity index (χ3n) is 3.61. The molecule has 1 unspecified atom stereocenters. The third kappa shape index (κ3) is 3.31. The summed E-state index contributed by atoms with van der Waals surface area (Å²) >= 11 is 0. The smallest absolute Gasteiger partial charge is 0.293 e. The Balaban J connectivity index is 1.80. The summed E-state index contributed by atoms with van der Waals surface area (Å²) in [4.78, 5) is 15.1. The lowest BCUT2D eigenvalue weighted by Crippen LogP contribution is -2.18. The number of aromatic amines is 1. The van der Waals surface area contributed by atoms with Gasteiger partial charge in [0.2, 0.25) is 0 Å². The van der Waals surface area contributed by atoms with Crippen molar-refractivity contribution in [2.45, 2.75) is 25.9 Å². The molecular weight excluding hydrogens is 278 g/mol. The van der Waals surface area contributed by atoms with Crippen LogP contribution in [0.3, 0.4) is 0 Å². The molecule has 0 aliphatic heterocycles. The molecule has 0 fully saturated rings. The van der Waals surface area contributed by atoms with Gasteiger partial charge in [-0.1, -0.05) is 6.07 Å². The number of hydrogen-bond acceptors (Lipinski definition) is 4. The summed E-state index contributed by atoms with van der Waals surface area (Å²) in [7, 11) is 0. The predicted molar refractivity (Wildman–Crippen MR) is 83.4 cm³/mol. The standard InChI is InChI=1S/C17H17N3O2/c1-12-4-15-5-13(2-3-17(15)18-8-12)6-16(22-11-21)7-14-9-19-20-10-14/h2-5,8-11,16H,6-7H2,1H3,(H,19,20). The Bertz CT molecular complexity index is 769. The van der Waals surface area contributed by atoms with E-state index < -0.39 is 0 Å². The van der Waals surface area contributed by atoms with E-state index >= 15 is 0 Å². The van der Waals surface area contributed by atoms with Crippen LogP contribution in [0.2, 0.25) is 0 Å². The van der Waals surface area contributed by atoms with Crippen molar-refractivity contribution in [3.05, 3.63) is 59.5 Å². The highest BCUT2D eigenvalue weighted by molar-refractivity contribution is 5.79. The van der Waals surface area contributed by atoms with Crippen molar-refractivity contribution in [3.63, 3.8) is 0 Å². The number of pyridine rings is 1. The third-order valence-corrected chi connectivity index (χ3v) is 3.61. The number of ether oxygens (including phenoxy) is 1. The first kappa shape index (κ1) is 14.3. The van der Waals surface area contributed by atoms with Crippen molar-refractivity contribution in [1.82, 2.24) is 15.2 Å². The minimum atomic E-state index is -0.203. The molecule has 0 aliphatic rings. The molecule has 5 nitrogen and oxygen atoms in total. The van der Waals surface area contributed by atoms with E-state index in [0.717, 1.165) is 27.6 Å². The maximum absolute atomic E-state index is 10.7. The molecule has 0 bridgehead atoms. The molecule has 2 aromatic heterocycles. The molecule has 0 radical (unpaired) electrons. The number of aromatic nitrogens is 3. The maximum atomic E-state index is 10.7. The van der Waals surface area contributed by atoms with Crippen LogP contribution < -0.4 is 0 Å². The van der Waals surface area contributed by atoms with Crippen molar-refractivity contribution in [3.8, 4) is 0 Å². The molecule has 1 N–H and O–H groups in total. The second-order valence-electron chi connectivity index (χ2n) is 5.41. The van der Waals surface area contributed by atoms with E-state index in [9.17, 15) is 4.79 Å². The normalized spacial score (nSPS) is 12.2. The van der Waals surface area contributed by atoms with E-state index in [1.54, 1.807) is 6.20 Å². The minimum Gasteiger partial charge on any atom is -0.464 e. The fraction of sp³-hybridized carbons (Fsp3) is 0.235. The number of aryl methyl sites for hydroxylation is 1. The average Bonchev–Trinajstić information content (AvgIpc) is 3.00. The molecule has 112 valence electrons. The summed E-state index contributed by atoms with van der Waals surface area (Å²) in [5.74, 6) is 0. The fourth-order valence-electron chi connectivity index (χ4n) is 2.58. The van der Waals surface area contributed by atoms with Crippen LogP contribution in [0.25, 0.3) is 10.9 Å². The topological polar surface area (TPSA) is 67.9 Å². The molecule has 0 saturated carbocycles. The van der Waals surface area contributed by atoms with Crippen LogP contribution in [-0.4, -0.2) is 27.8 Å². The van der Waals surface area contributed by atoms with E-state index in [0.29, 0.717) is 19.3 Å². The van der Waals surface area contributed by atoms with E-state index in [1.807, 2.05) is 31.5 Å². The molecule has 3 rings (SSSR count). The molecule has 0 amide bonds. The number of carbonyl (C=O) groups is 1. The van der Waals surface area contributed by atoms with Gasteiger partial charge < -0.3 is 4.74 Å². The average molecular weight is 295 g/mol. The minimum absolute atomic E-state index is 0.203. The van der Waals surface area contributed by atoms with Gasteiger partial charge in [0.15, 0.2) is 0 Å². The van der Waals surface area contributed by atoms with E-state index in [4.69, 9.17) is 4.74 Å². The number of nitrogens with one attached hydrogen (secondary N) is 1. The van der Waals surface area contributed by atoms with E-state index in [2.05, 4.69) is 27.3 Å². The van der Waals surface area contributed by atoms with E-state index in [-0.39, 0.29) is 6.10 Å². The number of H-pyrrole nitrogens is 1. The molecule has 1 aromatic carbocycles. The van der Waals surface area contributed by atoms with Gasteiger partial charge in [-0.15, -0.1) is 0 Å². The van der Waals surface area contributed by atoms with Gasteiger partial charge in [-0.25, -0.2) is 0 Å². The number of hydrogen-bond donors (Lipinski definition) is 1. The maximum Gasteiger partial charge on any atom is 0.293 e. The van der Waals surface area contributed by atoms with Crippen molar-refractivity contribution >= 4 is 17.4 Å². The van der Waals surface area contributed by atoms with Crippen molar-refractivity contribution in [1.29, 1.82) is 0 Å². The lowest BCUT2D eigenvalue weighted by atomic mass is 10.0. The lowest BCUT2D eigenvalue weighted by Gasteiger charge is -2.14. The SMILES string of the molecule is Cc1cnc2ccc(CC(Cc3cn[nH]c3)OC=O)cc2c1. The van der Waals surface area contributed by atoms with Gasteiger partial charge in [-0.05, 0) is 41.8 Å². The number of benzene rings is 1. The summed E-state index contributed by atoms with van der Waals surface area (Å²) in [6.45, 7) is 2.54. The second kappa shape index (κ2) is 6.39. The molecule has 0 spiro atoms. The number of fused-ring (bicyclic) bond motifs is 1. The Kier molecular flexibility index (Phi) is 4.14. The molecule has 22 heavy (non-hydrogen) atoms. The number of rotatable bonds is 6. The van der Waals surface area contributed by atoms with Crippen LogP contribution in [0, 0.1) is 6.92 Å².